The molecule has 0 spiro atoms. The van der Waals surface area contributed by atoms with Crippen LogP contribution in [0.25, 0.3) is 0 Å². The molecule has 2 rings (SSSR count). The molecule has 6 heteroatoms. The van der Waals surface area contributed by atoms with E-state index in [2.05, 4.69) is 10.4 Å². The number of hydrogen-bond donors (Lipinski definition) is 2. The van der Waals surface area contributed by atoms with Crippen LogP contribution in [-0.2, 0) is 6.54 Å². The Balaban J connectivity index is 2.43. The lowest BCUT2D eigenvalue weighted by Crippen LogP contribution is -2.04. The van der Waals surface area contributed by atoms with Gasteiger partial charge in [0.15, 0.2) is 5.82 Å². The minimum atomic E-state index is 0.472. The largest absolute Gasteiger partial charge is 0.394 e. The quantitative estimate of drug-likeness (QED) is 0.900. The number of nitrogens with one attached hydrogen (secondary N) is 1. The first-order chi connectivity index (χ1) is 8.54. The molecule has 0 fully saturated rings. The monoisotopic (exact) mass is 284 g/mol. The van der Waals surface area contributed by atoms with Crippen molar-refractivity contribution >= 4 is 40.4 Å². The molecule has 0 bridgehead atoms. The summed E-state index contributed by atoms with van der Waals surface area (Å²) in [7, 11) is 0. The molecular weight excluding hydrogens is 271 g/mol. The Labute approximate surface area is 116 Å². The summed E-state index contributed by atoms with van der Waals surface area (Å²) in [5.41, 5.74) is 8.11. The predicted molar refractivity (Wildman–Crippen MR) is 76.8 cm³/mol. The average molecular weight is 285 g/mol. The number of nitrogen functional groups attached to an aromatic ring is 1. The van der Waals surface area contributed by atoms with E-state index in [9.17, 15) is 0 Å². The molecule has 0 amide bonds. The second-order valence-corrected chi connectivity index (χ2v) is 4.67. The fourth-order valence-electron chi connectivity index (χ4n) is 1.68. The van der Waals surface area contributed by atoms with Gasteiger partial charge in [-0.1, -0.05) is 29.3 Å². The van der Waals surface area contributed by atoms with Crippen molar-refractivity contribution < 1.29 is 0 Å². The van der Waals surface area contributed by atoms with Crippen molar-refractivity contribution in [2.75, 3.05) is 11.1 Å². The van der Waals surface area contributed by atoms with Crippen LogP contribution in [-0.4, -0.2) is 9.78 Å². The van der Waals surface area contributed by atoms with Crippen LogP contribution in [0.2, 0.25) is 10.0 Å². The Kier molecular flexibility index (Phi) is 3.68. The molecule has 0 unspecified atom stereocenters. The smallest absolute Gasteiger partial charge is 0.152 e. The van der Waals surface area contributed by atoms with Crippen molar-refractivity contribution in [3.05, 3.63) is 33.9 Å². The normalized spacial score (nSPS) is 10.7. The van der Waals surface area contributed by atoms with E-state index in [1.807, 2.05) is 26.0 Å². The van der Waals surface area contributed by atoms with Crippen LogP contribution in [0.15, 0.2) is 18.2 Å². The number of benzene rings is 1. The number of nitrogens with two attached hydrogens (primary N) is 1. The van der Waals surface area contributed by atoms with Crippen LogP contribution in [0.1, 0.15) is 12.6 Å². The number of halogens is 2. The molecule has 0 radical (unpaired) electrons. The van der Waals surface area contributed by atoms with Gasteiger partial charge in [-0.3, -0.25) is 0 Å². The second-order valence-electron chi connectivity index (χ2n) is 3.89. The minimum Gasteiger partial charge on any atom is -0.394 e. The van der Waals surface area contributed by atoms with Crippen LogP contribution in [0.4, 0.5) is 17.2 Å². The Morgan fingerprint density at radius 1 is 1.39 bits per heavy atom. The van der Waals surface area contributed by atoms with E-state index < -0.39 is 0 Å². The summed E-state index contributed by atoms with van der Waals surface area (Å²) in [4.78, 5) is 0. The second kappa shape index (κ2) is 5.08. The number of aryl methyl sites for hydroxylation is 2. The topological polar surface area (TPSA) is 55.9 Å². The lowest BCUT2D eigenvalue weighted by molar-refractivity contribution is 0.661. The molecule has 0 saturated heterocycles. The first-order valence-corrected chi connectivity index (χ1v) is 6.34. The number of anilines is 3. The summed E-state index contributed by atoms with van der Waals surface area (Å²) in [6.07, 6.45) is 0. The number of hydrogen-bond acceptors (Lipinski definition) is 3. The maximum atomic E-state index is 6.13. The van der Waals surface area contributed by atoms with Crippen molar-refractivity contribution in [1.82, 2.24) is 9.78 Å². The average Bonchev–Trinajstić information content (AvgIpc) is 2.62. The molecule has 0 aliphatic rings. The SMILES string of the molecule is CCn1nc(C)c(N)c1Nc1cccc(Cl)c1Cl. The molecular formula is C12H14Cl2N4. The van der Waals surface area contributed by atoms with Gasteiger partial charge in [0.2, 0.25) is 0 Å². The van der Waals surface area contributed by atoms with Crippen LogP contribution in [0.3, 0.4) is 0 Å². The molecule has 0 aliphatic heterocycles. The van der Waals surface area contributed by atoms with Crippen molar-refractivity contribution in [1.29, 1.82) is 0 Å². The molecule has 1 aromatic carbocycles. The van der Waals surface area contributed by atoms with Crippen LogP contribution < -0.4 is 11.1 Å². The first-order valence-electron chi connectivity index (χ1n) is 5.58. The minimum absolute atomic E-state index is 0.472. The maximum absolute atomic E-state index is 6.13. The lowest BCUT2D eigenvalue weighted by Gasteiger charge is -2.11. The van der Waals surface area contributed by atoms with Gasteiger partial charge in [-0.15, -0.1) is 0 Å². The highest BCUT2D eigenvalue weighted by Gasteiger charge is 2.13. The third kappa shape index (κ3) is 2.26. The van der Waals surface area contributed by atoms with Gasteiger partial charge in [-0.25, -0.2) is 4.68 Å². The van der Waals surface area contributed by atoms with E-state index in [4.69, 9.17) is 28.9 Å². The number of aromatic nitrogens is 2. The van der Waals surface area contributed by atoms with Gasteiger partial charge < -0.3 is 11.1 Å². The van der Waals surface area contributed by atoms with Gasteiger partial charge in [0.05, 0.1) is 27.1 Å². The van der Waals surface area contributed by atoms with Gasteiger partial charge in [-0.2, -0.15) is 5.10 Å². The van der Waals surface area contributed by atoms with Gasteiger partial charge in [0.1, 0.15) is 0 Å². The fourth-order valence-corrected chi connectivity index (χ4v) is 2.03. The fraction of sp³-hybridized carbons (Fsp3) is 0.250. The first kappa shape index (κ1) is 13.1. The molecule has 3 N–H and O–H groups in total. The molecule has 96 valence electrons. The van der Waals surface area contributed by atoms with Crippen molar-refractivity contribution in [2.45, 2.75) is 20.4 Å². The van der Waals surface area contributed by atoms with Crippen molar-refractivity contribution in [3.8, 4) is 0 Å². The zero-order chi connectivity index (χ0) is 13.3. The number of rotatable bonds is 3. The van der Waals surface area contributed by atoms with E-state index in [-0.39, 0.29) is 0 Å². The lowest BCUT2D eigenvalue weighted by atomic mass is 10.3. The van der Waals surface area contributed by atoms with E-state index in [1.165, 1.54) is 0 Å². The predicted octanol–water partition coefficient (Wildman–Crippen LogP) is 3.84. The zero-order valence-electron chi connectivity index (χ0n) is 10.2. The van der Waals surface area contributed by atoms with E-state index in [0.717, 1.165) is 18.1 Å². The summed E-state index contributed by atoms with van der Waals surface area (Å²) in [6, 6.07) is 5.41. The van der Waals surface area contributed by atoms with Gasteiger partial charge >= 0.3 is 0 Å². The molecule has 0 saturated carbocycles. The highest BCUT2D eigenvalue weighted by atomic mass is 35.5. The zero-order valence-corrected chi connectivity index (χ0v) is 11.7. The van der Waals surface area contributed by atoms with Crippen molar-refractivity contribution in [2.24, 2.45) is 0 Å². The third-order valence-corrected chi connectivity index (χ3v) is 3.50. The summed E-state index contributed by atoms with van der Waals surface area (Å²) >= 11 is 12.1. The summed E-state index contributed by atoms with van der Waals surface area (Å²) in [5, 5.41) is 8.48. The van der Waals surface area contributed by atoms with Crippen LogP contribution in [0, 0.1) is 6.92 Å². The highest BCUT2D eigenvalue weighted by molar-refractivity contribution is 6.43. The van der Waals surface area contributed by atoms with Crippen LogP contribution >= 0.6 is 23.2 Å². The molecule has 0 aliphatic carbocycles. The molecule has 1 heterocycles. The molecule has 18 heavy (non-hydrogen) atoms. The van der Waals surface area contributed by atoms with Crippen LogP contribution in [0.5, 0.6) is 0 Å². The standard InChI is InChI=1S/C12H14Cl2N4/c1-3-18-12(11(15)7(2)17-18)16-9-6-4-5-8(13)10(9)14/h4-6,16H,3,15H2,1-2H3. The number of nitrogens with zero attached hydrogens (tertiary/aromatic N) is 2. The Morgan fingerprint density at radius 2 is 2.11 bits per heavy atom. The Hall–Kier alpha value is -1.39. The summed E-state index contributed by atoms with van der Waals surface area (Å²) in [5.74, 6) is 0.735. The summed E-state index contributed by atoms with van der Waals surface area (Å²) in [6.45, 7) is 4.58. The molecule has 0 atom stereocenters. The van der Waals surface area contributed by atoms with E-state index in [0.29, 0.717) is 21.4 Å². The maximum Gasteiger partial charge on any atom is 0.152 e. The molecule has 4 nitrogen and oxygen atoms in total. The molecule has 1 aromatic heterocycles. The molecule has 2 aromatic rings. The van der Waals surface area contributed by atoms with Gasteiger partial charge in [0, 0.05) is 6.54 Å². The Bertz CT molecular complexity index is 578. The van der Waals surface area contributed by atoms with Gasteiger partial charge in [-0.05, 0) is 26.0 Å². The Morgan fingerprint density at radius 3 is 2.78 bits per heavy atom. The third-order valence-electron chi connectivity index (χ3n) is 2.68. The van der Waals surface area contributed by atoms with E-state index >= 15 is 0 Å². The highest BCUT2D eigenvalue weighted by Crippen LogP contribution is 2.33. The van der Waals surface area contributed by atoms with Gasteiger partial charge in [0.25, 0.3) is 0 Å². The summed E-state index contributed by atoms with van der Waals surface area (Å²) < 4.78 is 1.79. The van der Waals surface area contributed by atoms with Crippen molar-refractivity contribution in [3.63, 3.8) is 0 Å². The van der Waals surface area contributed by atoms with E-state index in [1.54, 1.807) is 10.7 Å².